The molecule has 1 fully saturated rings. The Balaban J connectivity index is 2.32. The summed E-state index contributed by atoms with van der Waals surface area (Å²) in [5.41, 5.74) is -0.386. The molecule has 1 aromatic carbocycles. The van der Waals surface area contributed by atoms with Crippen molar-refractivity contribution < 1.29 is 26.9 Å². The molecule has 3 rings (SSSR count). The van der Waals surface area contributed by atoms with Crippen LogP contribution in [-0.2, 0) is 19.3 Å². The minimum atomic E-state index is -4.16. The standard InChI is InChI=1S/C19H24BFN2O5S/c1-11-8-7-9-12(15(11)21)16-13(20-27-18(2,3)19(4,5)28-20)10-14(29(22,24)25)17(23-16)26-6/h7-10H,1-6H3,(H2,22,24,25). The van der Waals surface area contributed by atoms with Crippen molar-refractivity contribution >= 4 is 22.6 Å². The van der Waals surface area contributed by atoms with Crippen LogP contribution in [0.4, 0.5) is 4.39 Å². The van der Waals surface area contributed by atoms with E-state index < -0.39 is 34.2 Å². The minimum Gasteiger partial charge on any atom is -0.480 e. The molecule has 1 aliphatic heterocycles. The molecule has 2 heterocycles. The average Bonchev–Trinajstić information content (AvgIpc) is 2.83. The van der Waals surface area contributed by atoms with Crippen LogP contribution < -0.4 is 15.3 Å². The van der Waals surface area contributed by atoms with E-state index in [1.54, 1.807) is 25.1 Å². The first-order chi connectivity index (χ1) is 13.3. The number of methoxy groups -OCH3 is 1. The molecule has 0 spiro atoms. The van der Waals surface area contributed by atoms with E-state index in [1.165, 1.54) is 13.2 Å². The third-order valence-corrected chi connectivity index (χ3v) is 6.34. The molecule has 10 heteroatoms. The van der Waals surface area contributed by atoms with Gasteiger partial charge in [-0.1, -0.05) is 12.1 Å². The number of benzene rings is 1. The molecule has 0 unspecified atom stereocenters. The van der Waals surface area contributed by atoms with E-state index in [0.717, 1.165) is 0 Å². The predicted octanol–water partition coefficient (Wildman–Crippen LogP) is 2.15. The monoisotopic (exact) mass is 422 g/mol. The van der Waals surface area contributed by atoms with Gasteiger partial charge in [-0.15, -0.1) is 0 Å². The van der Waals surface area contributed by atoms with Crippen molar-refractivity contribution in [3.05, 3.63) is 35.6 Å². The first kappa shape index (κ1) is 21.7. The van der Waals surface area contributed by atoms with Crippen molar-refractivity contribution in [1.82, 2.24) is 4.98 Å². The number of primary sulfonamides is 1. The quantitative estimate of drug-likeness (QED) is 0.758. The second-order valence-corrected chi connectivity index (χ2v) is 9.53. The maximum atomic E-state index is 14.9. The SMILES string of the molecule is COc1nc(-c2cccc(C)c2F)c(B2OC(C)(C)C(C)(C)O2)cc1S(N)(=O)=O. The normalized spacial score (nSPS) is 18.1. The van der Waals surface area contributed by atoms with Crippen molar-refractivity contribution in [3.8, 4) is 17.1 Å². The largest absolute Gasteiger partial charge is 0.497 e. The van der Waals surface area contributed by atoms with Crippen LogP contribution in [0.15, 0.2) is 29.2 Å². The van der Waals surface area contributed by atoms with Gasteiger partial charge in [0, 0.05) is 11.0 Å². The van der Waals surface area contributed by atoms with Crippen LogP contribution in [0.1, 0.15) is 33.3 Å². The zero-order valence-electron chi connectivity index (χ0n) is 17.2. The van der Waals surface area contributed by atoms with Crippen LogP contribution in [0.5, 0.6) is 5.88 Å². The predicted molar refractivity (Wildman–Crippen MR) is 108 cm³/mol. The number of nitrogens with two attached hydrogens (primary N) is 1. The summed E-state index contributed by atoms with van der Waals surface area (Å²) in [6.07, 6.45) is 0. The van der Waals surface area contributed by atoms with Gasteiger partial charge in [0.05, 0.1) is 24.0 Å². The zero-order chi connectivity index (χ0) is 21.8. The number of aryl methyl sites for hydroxylation is 1. The molecular weight excluding hydrogens is 398 g/mol. The number of nitrogens with zero attached hydrogens (tertiary/aromatic N) is 1. The van der Waals surface area contributed by atoms with E-state index >= 15 is 0 Å². The molecule has 0 saturated carbocycles. The van der Waals surface area contributed by atoms with Crippen molar-refractivity contribution in [2.75, 3.05) is 7.11 Å². The Kier molecular flexibility index (Phi) is 5.27. The average molecular weight is 422 g/mol. The van der Waals surface area contributed by atoms with Gasteiger partial charge in [-0.3, -0.25) is 0 Å². The fourth-order valence-electron chi connectivity index (χ4n) is 3.04. The number of halogens is 1. The minimum absolute atomic E-state index is 0.161. The van der Waals surface area contributed by atoms with Gasteiger partial charge in [0.15, 0.2) is 0 Å². The second kappa shape index (κ2) is 7.05. The summed E-state index contributed by atoms with van der Waals surface area (Å²) < 4.78 is 56.4. The molecule has 1 aromatic heterocycles. The maximum absolute atomic E-state index is 14.9. The number of sulfonamides is 1. The molecule has 0 aliphatic carbocycles. The maximum Gasteiger partial charge on any atom is 0.497 e. The van der Waals surface area contributed by atoms with E-state index in [1.807, 2.05) is 27.7 Å². The molecule has 7 nitrogen and oxygen atoms in total. The highest BCUT2D eigenvalue weighted by Crippen LogP contribution is 2.38. The summed E-state index contributed by atoms with van der Waals surface area (Å²) >= 11 is 0. The molecule has 0 bridgehead atoms. The molecule has 0 radical (unpaired) electrons. The van der Waals surface area contributed by atoms with Gasteiger partial charge in [0.1, 0.15) is 10.7 Å². The van der Waals surface area contributed by atoms with Crippen LogP contribution in [0.2, 0.25) is 0 Å². The summed E-state index contributed by atoms with van der Waals surface area (Å²) in [6, 6.07) is 6.14. The van der Waals surface area contributed by atoms with Gasteiger partial charge in [0.2, 0.25) is 15.9 Å². The van der Waals surface area contributed by atoms with Gasteiger partial charge in [-0.2, -0.15) is 0 Å². The van der Waals surface area contributed by atoms with Crippen LogP contribution in [-0.4, -0.2) is 38.8 Å². The summed E-state index contributed by atoms with van der Waals surface area (Å²) in [6.45, 7) is 9.06. The molecule has 2 N–H and O–H groups in total. The summed E-state index contributed by atoms with van der Waals surface area (Å²) in [5, 5.41) is 5.35. The highest BCUT2D eigenvalue weighted by atomic mass is 32.2. The number of pyridine rings is 1. The lowest BCUT2D eigenvalue weighted by Crippen LogP contribution is -2.41. The Hall–Kier alpha value is -2.01. The van der Waals surface area contributed by atoms with Gasteiger partial charge in [-0.25, -0.2) is 22.9 Å². The van der Waals surface area contributed by atoms with Gasteiger partial charge < -0.3 is 14.0 Å². The first-order valence-corrected chi connectivity index (χ1v) is 10.6. The fourth-order valence-corrected chi connectivity index (χ4v) is 3.70. The lowest BCUT2D eigenvalue weighted by atomic mass is 9.76. The molecule has 29 heavy (non-hydrogen) atoms. The van der Waals surface area contributed by atoms with Crippen molar-refractivity contribution in [2.24, 2.45) is 5.14 Å². The van der Waals surface area contributed by atoms with Crippen molar-refractivity contribution in [1.29, 1.82) is 0 Å². The van der Waals surface area contributed by atoms with Crippen LogP contribution in [0.3, 0.4) is 0 Å². The molecule has 2 aromatic rings. The van der Waals surface area contributed by atoms with Gasteiger partial charge >= 0.3 is 7.12 Å². The Morgan fingerprint density at radius 3 is 2.28 bits per heavy atom. The number of hydrogen-bond acceptors (Lipinski definition) is 6. The van der Waals surface area contributed by atoms with E-state index in [2.05, 4.69) is 4.98 Å². The van der Waals surface area contributed by atoms with Crippen molar-refractivity contribution in [2.45, 2.75) is 50.7 Å². The van der Waals surface area contributed by atoms with Crippen molar-refractivity contribution in [3.63, 3.8) is 0 Å². The first-order valence-electron chi connectivity index (χ1n) is 9.01. The molecule has 1 saturated heterocycles. The van der Waals surface area contributed by atoms with Crippen LogP contribution in [0.25, 0.3) is 11.3 Å². The van der Waals surface area contributed by atoms with E-state index in [-0.39, 0.29) is 27.5 Å². The van der Waals surface area contributed by atoms with E-state index in [9.17, 15) is 12.8 Å². The molecule has 0 atom stereocenters. The Bertz CT molecular complexity index is 1060. The number of ether oxygens (including phenoxy) is 1. The zero-order valence-corrected chi connectivity index (χ0v) is 18.1. The lowest BCUT2D eigenvalue weighted by Gasteiger charge is -2.32. The highest BCUT2D eigenvalue weighted by molar-refractivity contribution is 7.89. The molecular formula is C19H24BFN2O5S. The third kappa shape index (κ3) is 3.77. The summed E-state index contributed by atoms with van der Waals surface area (Å²) in [7, 11) is -3.88. The number of hydrogen-bond donors (Lipinski definition) is 1. The Labute approximate surface area is 170 Å². The lowest BCUT2D eigenvalue weighted by molar-refractivity contribution is 0.00578. The Morgan fingerprint density at radius 2 is 1.76 bits per heavy atom. The third-order valence-electron chi connectivity index (χ3n) is 5.44. The van der Waals surface area contributed by atoms with E-state index in [4.69, 9.17) is 19.2 Å². The summed E-state index contributed by atoms with van der Waals surface area (Å²) in [5.74, 6) is -0.716. The fraction of sp³-hybridized carbons (Fsp3) is 0.421. The van der Waals surface area contributed by atoms with E-state index in [0.29, 0.717) is 5.56 Å². The highest BCUT2D eigenvalue weighted by Gasteiger charge is 2.53. The topological polar surface area (TPSA) is 101 Å². The molecule has 156 valence electrons. The molecule has 1 aliphatic rings. The molecule has 0 amide bonds. The Morgan fingerprint density at radius 1 is 1.17 bits per heavy atom. The number of aromatic nitrogens is 1. The number of rotatable bonds is 4. The van der Waals surface area contributed by atoms with Gasteiger partial charge in [-0.05, 0) is 52.3 Å². The van der Waals surface area contributed by atoms with Gasteiger partial charge in [0.25, 0.3) is 0 Å². The smallest absolute Gasteiger partial charge is 0.480 e. The van der Waals surface area contributed by atoms with Crippen LogP contribution >= 0.6 is 0 Å². The van der Waals surface area contributed by atoms with Crippen LogP contribution in [0, 0.1) is 12.7 Å². The summed E-state index contributed by atoms with van der Waals surface area (Å²) in [4.78, 5) is 3.96. The second-order valence-electron chi connectivity index (χ2n) is 8.00.